The number of carbonyl (C=O) groups is 2. The van der Waals surface area contributed by atoms with Crippen molar-refractivity contribution in [3.05, 3.63) is 60.2 Å². The monoisotopic (exact) mass is 382 g/mol. The Bertz CT molecular complexity index is 791. The van der Waals surface area contributed by atoms with Gasteiger partial charge in [-0.05, 0) is 49.2 Å². The van der Waals surface area contributed by atoms with E-state index in [2.05, 4.69) is 16.0 Å². The summed E-state index contributed by atoms with van der Waals surface area (Å²) in [6.45, 7) is 1.74. The lowest BCUT2D eigenvalue weighted by Crippen LogP contribution is -2.46. The molecular weight excluding hydrogens is 356 g/mol. The lowest BCUT2D eigenvalue weighted by molar-refractivity contribution is -0.122. The van der Waals surface area contributed by atoms with Gasteiger partial charge in [0.1, 0.15) is 11.5 Å². The fraction of sp³-hybridized carbons (Fsp3) is 0.333. The van der Waals surface area contributed by atoms with E-state index in [1.54, 1.807) is 0 Å². The highest BCUT2D eigenvalue weighted by Gasteiger charge is 2.21. The van der Waals surface area contributed by atoms with Gasteiger partial charge in [0.15, 0.2) is 0 Å². The van der Waals surface area contributed by atoms with Crippen LogP contribution in [0.1, 0.15) is 30.9 Å². The molecule has 7 heteroatoms. The summed E-state index contributed by atoms with van der Waals surface area (Å²) >= 11 is 0. The van der Waals surface area contributed by atoms with E-state index in [4.69, 9.17) is 10.5 Å². The number of hydrogen-bond acceptors (Lipinski definition) is 4. The average molecular weight is 382 g/mol. The van der Waals surface area contributed by atoms with Crippen molar-refractivity contribution in [1.82, 2.24) is 16.0 Å². The Morgan fingerprint density at radius 2 is 1.93 bits per heavy atom. The van der Waals surface area contributed by atoms with Crippen LogP contribution in [0.4, 0.5) is 4.79 Å². The molecule has 1 heterocycles. The number of ether oxygens (including phenoxy) is 1. The smallest absolute Gasteiger partial charge is 0.312 e. The third-order valence-corrected chi connectivity index (χ3v) is 4.61. The number of rotatable bonds is 7. The number of benzene rings is 2. The van der Waals surface area contributed by atoms with Crippen molar-refractivity contribution < 1.29 is 14.3 Å². The topological polar surface area (TPSA) is 105 Å². The SMILES string of the molecule is NC(=O)NC(CC(=O)NC1CCCNC1)c1cccc(Oc2ccccc2)c1. The first-order valence-corrected chi connectivity index (χ1v) is 9.49. The molecular formula is C21H26N4O3. The number of nitrogens with one attached hydrogen (secondary N) is 3. The number of amides is 3. The number of nitrogens with two attached hydrogens (primary N) is 1. The number of para-hydroxylation sites is 1. The maximum absolute atomic E-state index is 12.5. The molecule has 3 amide bonds. The Balaban J connectivity index is 1.69. The molecule has 7 nitrogen and oxygen atoms in total. The summed E-state index contributed by atoms with van der Waals surface area (Å²) in [6, 6.07) is 15.6. The Labute approximate surface area is 164 Å². The van der Waals surface area contributed by atoms with Crippen LogP contribution in [0.5, 0.6) is 11.5 Å². The fourth-order valence-corrected chi connectivity index (χ4v) is 3.29. The normalized spacial score (nSPS) is 17.4. The van der Waals surface area contributed by atoms with Crippen LogP contribution in [-0.4, -0.2) is 31.1 Å². The van der Waals surface area contributed by atoms with Crippen molar-refractivity contribution >= 4 is 11.9 Å². The Hall–Kier alpha value is -3.06. The molecule has 2 unspecified atom stereocenters. The van der Waals surface area contributed by atoms with Crippen molar-refractivity contribution in [2.24, 2.45) is 5.73 Å². The predicted octanol–water partition coefficient (Wildman–Crippen LogP) is 2.45. The minimum atomic E-state index is -0.675. The molecule has 0 radical (unpaired) electrons. The second-order valence-corrected chi connectivity index (χ2v) is 6.86. The lowest BCUT2D eigenvalue weighted by Gasteiger charge is -2.25. The first-order valence-electron chi connectivity index (χ1n) is 9.49. The van der Waals surface area contributed by atoms with E-state index in [0.29, 0.717) is 11.5 Å². The zero-order valence-electron chi connectivity index (χ0n) is 15.7. The summed E-state index contributed by atoms with van der Waals surface area (Å²) in [5.41, 5.74) is 6.08. The Morgan fingerprint density at radius 3 is 2.64 bits per heavy atom. The molecule has 0 aliphatic carbocycles. The van der Waals surface area contributed by atoms with Crippen LogP contribution < -0.4 is 26.4 Å². The standard InChI is InChI=1S/C21H26N4O3/c22-21(27)25-19(13-20(26)24-16-7-5-11-23-14-16)15-6-4-10-18(12-15)28-17-8-2-1-3-9-17/h1-4,6,8-10,12,16,19,23H,5,7,11,13-14H2,(H,24,26)(H3,22,25,27). The second kappa shape index (κ2) is 9.75. The number of hydrogen-bond donors (Lipinski definition) is 4. The molecule has 1 fully saturated rings. The highest BCUT2D eigenvalue weighted by Crippen LogP contribution is 2.26. The van der Waals surface area contributed by atoms with E-state index >= 15 is 0 Å². The maximum atomic E-state index is 12.5. The molecule has 3 rings (SSSR count). The van der Waals surface area contributed by atoms with E-state index in [9.17, 15) is 9.59 Å². The summed E-state index contributed by atoms with van der Waals surface area (Å²) in [6.07, 6.45) is 2.09. The Morgan fingerprint density at radius 1 is 1.14 bits per heavy atom. The molecule has 2 aromatic carbocycles. The van der Waals surface area contributed by atoms with Gasteiger partial charge in [-0.25, -0.2) is 4.79 Å². The van der Waals surface area contributed by atoms with Gasteiger partial charge in [0.05, 0.1) is 12.5 Å². The summed E-state index contributed by atoms with van der Waals surface area (Å²) in [5, 5.41) is 8.95. The molecule has 5 N–H and O–H groups in total. The number of carbonyl (C=O) groups excluding carboxylic acids is 2. The van der Waals surface area contributed by atoms with Gasteiger partial charge < -0.3 is 26.4 Å². The zero-order valence-corrected chi connectivity index (χ0v) is 15.7. The number of urea groups is 1. The summed E-state index contributed by atoms with van der Waals surface area (Å²) in [5.74, 6) is 1.21. The van der Waals surface area contributed by atoms with Gasteiger partial charge in [0.25, 0.3) is 0 Å². The predicted molar refractivity (Wildman–Crippen MR) is 107 cm³/mol. The Kier molecular flexibility index (Phi) is 6.86. The van der Waals surface area contributed by atoms with Gasteiger partial charge >= 0.3 is 6.03 Å². The third kappa shape index (κ3) is 5.99. The molecule has 1 saturated heterocycles. The van der Waals surface area contributed by atoms with E-state index in [0.717, 1.165) is 31.5 Å². The summed E-state index contributed by atoms with van der Waals surface area (Å²) < 4.78 is 5.85. The van der Waals surface area contributed by atoms with Gasteiger partial charge in [-0.1, -0.05) is 30.3 Å². The van der Waals surface area contributed by atoms with Crippen LogP contribution in [-0.2, 0) is 4.79 Å². The van der Waals surface area contributed by atoms with Crippen molar-refractivity contribution in [3.8, 4) is 11.5 Å². The highest BCUT2D eigenvalue weighted by molar-refractivity contribution is 5.79. The number of primary amides is 1. The van der Waals surface area contributed by atoms with Gasteiger partial charge in [0, 0.05) is 12.6 Å². The molecule has 0 aromatic heterocycles. The van der Waals surface area contributed by atoms with Crippen LogP contribution in [0.2, 0.25) is 0 Å². The van der Waals surface area contributed by atoms with Gasteiger partial charge in [0.2, 0.25) is 5.91 Å². The number of piperidine rings is 1. The average Bonchev–Trinajstić information content (AvgIpc) is 2.69. The summed E-state index contributed by atoms with van der Waals surface area (Å²) in [4.78, 5) is 24.0. The van der Waals surface area contributed by atoms with E-state index < -0.39 is 12.1 Å². The van der Waals surface area contributed by atoms with Crippen LogP contribution >= 0.6 is 0 Å². The van der Waals surface area contributed by atoms with Gasteiger partial charge in [-0.2, -0.15) is 0 Å². The lowest BCUT2D eigenvalue weighted by atomic mass is 10.0. The van der Waals surface area contributed by atoms with Crippen molar-refractivity contribution in [1.29, 1.82) is 0 Å². The van der Waals surface area contributed by atoms with E-state index in [1.807, 2.05) is 54.6 Å². The summed E-state index contributed by atoms with van der Waals surface area (Å²) in [7, 11) is 0. The molecule has 148 valence electrons. The maximum Gasteiger partial charge on any atom is 0.312 e. The fourth-order valence-electron chi connectivity index (χ4n) is 3.29. The molecule has 28 heavy (non-hydrogen) atoms. The molecule has 2 aromatic rings. The highest BCUT2D eigenvalue weighted by atomic mass is 16.5. The second-order valence-electron chi connectivity index (χ2n) is 6.86. The minimum Gasteiger partial charge on any atom is -0.457 e. The third-order valence-electron chi connectivity index (χ3n) is 4.61. The van der Waals surface area contributed by atoms with E-state index in [1.165, 1.54) is 0 Å². The van der Waals surface area contributed by atoms with Crippen LogP contribution in [0, 0.1) is 0 Å². The molecule has 2 atom stereocenters. The molecule has 0 saturated carbocycles. The molecule has 1 aliphatic heterocycles. The molecule has 0 bridgehead atoms. The molecule has 1 aliphatic rings. The first-order chi connectivity index (χ1) is 13.6. The van der Waals surface area contributed by atoms with E-state index in [-0.39, 0.29) is 18.4 Å². The largest absolute Gasteiger partial charge is 0.457 e. The van der Waals surface area contributed by atoms with Crippen molar-refractivity contribution in [2.75, 3.05) is 13.1 Å². The first kappa shape index (κ1) is 19.7. The minimum absolute atomic E-state index is 0.105. The van der Waals surface area contributed by atoms with Crippen molar-refractivity contribution in [3.63, 3.8) is 0 Å². The van der Waals surface area contributed by atoms with Gasteiger partial charge in [-0.3, -0.25) is 4.79 Å². The zero-order chi connectivity index (χ0) is 19.8. The quantitative estimate of drug-likeness (QED) is 0.590. The van der Waals surface area contributed by atoms with Crippen LogP contribution in [0.15, 0.2) is 54.6 Å². The van der Waals surface area contributed by atoms with Crippen molar-refractivity contribution in [2.45, 2.75) is 31.3 Å². The molecule has 0 spiro atoms. The van der Waals surface area contributed by atoms with Crippen LogP contribution in [0.25, 0.3) is 0 Å². The van der Waals surface area contributed by atoms with Crippen LogP contribution in [0.3, 0.4) is 0 Å². The van der Waals surface area contributed by atoms with Gasteiger partial charge in [-0.15, -0.1) is 0 Å².